The number of nitrogens with zero attached hydrogens (tertiary/aromatic N) is 3. The quantitative estimate of drug-likeness (QED) is 0.661. The molecule has 0 amide bonds. The molecule has 0 aliphatic carbocycles. The highest BCUT2D eigenvalue weighted by atomic mass is 15.3. The Morgan fingerprint density at radius 3 is 2.44 bits per heavy atom. The second-order valence-corrected chi connectivity index (χ2v) is 6.20. The number of aromatic nitrogens is 3. The van der Waals surface area contributed by atoms with Crippen LogP contribution in [0.4, 0.5) is 23.1 Å². The lowest BCUT2D eigenvalue weighted by Gasteiger charge is -2.11. The Labute approximate surface area is 148 Å². The van der Waals surface area contributed by atoms with Crippen molar-refractivity contribution in [3.05, 3.63) is 65.9 Å². The summed E-state index contributed by atoms with van der Waals surface area (Å²) in [5.74, 6) is 1.65. The van der Waals surface area contributed by atoms with Crippen molar-refractivity contribution in [2.24, 2.45) is 0 Å². The fourth-order valence-electron chi connectivity index (χ4n) is 2.59. The molecule has 0 saturated carbocycles. The van der Waals surface area contributed by atoms with Crippen molar-refractivity contribution in [2.75, 3.05) is 10.6 Å². The van der Waals surface area contributed by atoms with E-state index in [2.05, 4.69) is 64.8 Å². The molecule has 2 N–H and O–H groups in total. The lowest BCUT2D eigenvalue weighted by Crippen LogP contribution is -2.03. The van der Waals surface area contributed by atoms with Crippen LogP contribution in [-0.2, 0) is 6.42 Å². The molecule has 0 fully saturated rings. The Morgan fingerprint density at radius 1 is 0.960 bits per heavy atom. The summed E-state index contributed by atoms with van der Waals surface area (Å²) < 4.78 is 0. The number of benzene rings is 2. The van der Waals surface area contributed by atoms with Crippen LogP contribution in [0.25, 0.3) is 0 Å². The standard InChI is InChI=1S/C20H23N5/c1-4-15-7-5-6-8-18(15)23-19-13-21-25-20(24-19)22-17-11-9-16(10-12-17)14(2)3/h5-14H,4H2,1-3H3,(H2,22,23,24,25). The van der Waals surface area contributed by atoms with Gasteiger partial charge < -0.3 is 10.6 Å². The SMILES string of the molecule is CCc1ccccc1Nc1cnnc(Nc2ccc(C(C)C)cc2)n1. The molecule has 5 heteroatoms. The number of hydrogen-bond acceptors (Lipinski definition) is 5. The highest BCUT2D eigenvalue weighted by Gasteiger charge is 2.05. The van der Waals surface area contributed by atoms with E-state index in [9.17, 15) is 0 Å². The molecule has 3 rings (SSSR count). The number of anilines is 4. The molecule has 0 aliphatic rings. The second-order valence-electron chi connectivity index (χ2n) is 6.20. The molecule has 5 nitrogen and oxygen atoms in total. The molecule has 0 radical (unpaired) electrons. The van der Waals surface area contributed by atoms with Crippen LogP contribution in [0.3, 0.4) is 0 Å². The molecule has 0 spiro atoms. The number of hydrogen-bond donors (Lipinski definition) is 2. The lowest BCUT2D eigenvalue weighted by atomic mass is 10.0. The van der Waals surface area contributed by atoms with E-state index in [0.717, 1.165) is 17.8 Å². The van der Waals surface area contributed by atoms with Crippen LogP contribution >= 0.6 is 0 Å². The summed E-state index contributed by atoms with van der Waals surface area (Å²) in [5.41, 5.74) is 4.52. The normalized spacial score (nSPS) is 10.7. The molecule has 128 valence electrons. The Morgan fingerprint density at radius 2 is 1.72 bits per heavy atom. The average Bonchev–Trinajstić information content (AvgIpc) is 2.63. The van der Waals surface area contributed by atoms with Crippen molar-refractivity contribution in [2.45, 2.75) is 33.1 Å². The molecule has 0 saturated heterocycles. The van der Waals surface area contributed by atoms with E-state index >= 15 is 0 Å². The van der Waals surface area contributed by atoms with Gasteiger partial charge >= 0.3 is 0 Å². The van der Waals surface area contributed by atoms with Gasteiger partial charge in [0.05, 0.1) is 6.20 Å². The first-order chi connectivity index (χ1) is 12.2. The molecule has 3 aromatic rings. The summed E-state index contributed by atoms with van der Waals surface area (Å²) in [6, 6.07) is 16.5. The molecule has 0 unspecified atom stereocenters. The Kier molecular flexibility index (Phi) is 5.23. The van der Waals surface area contributed by atoms with Crippen LogP contribution < -0.4 is 10.6 Å². The Balaban J connectivity index is 1.75. The molecule has 0 bridgehead atoms. The van der Waals surface area contributed by atoms with Crippen molar-refractivity contribution in [1.82, 2.24) is 15.2 Å². The first-order valence-electron chi connectivity index (χ1n) is 8.57. The summed E-state index contributed by atoms with van der Waals surface area (Å²) >= 11 is 0. The minimum absolute atomic E-state index is 0.469. The van der Waals surface area contributed by atoms with E-state index in [-0.39, 0.29) is 0 Å². The zero-order valence-electron chi connectivity index (χ0n) is 14.8. The monoisotopic (exact) mass is 333 g/mol. The number of nitrogens with one attached hydrogen (secondary N) is 2. The number of aryl methyl sites for hydroxylation is 1. The third-order valence-electron chi connectivity index (χ3n) is 4.05. The highest BCUT2D eigenvalue weighted by Crippen LogP contribution is 2.22. The smallest absolute Gasteiger partial charge is 0.249 e. The predicted molar refractivity (Wildman–Crippen MR) is 103 cm³/mol. The van der Waals surface area contributed by atoms with Gasteiger partial charge in [0.1, 0.15) is 0 Å². The Hall–Kier alpha value is -2.95. The summed E-state index contributed by atoms with van der Waals surface area (Å²) in [7, 11) is 0. The summed E-state index contributed by atoms with van der Waals surface area (Å²) in [6.45, 7) is 6.49. The van der Waals surface area contributed by atoms with Crippen LogP contribution in [0.15, 0.2) is 54.7 Å². The molecule has 1 heterocycles. The van der Waals surface area contributed by atoms with Gasteiger partial charge in [0.25, 0.3) is 0 Å². The van der Waals surface area contributed by atoms with E-state index < -0.39 is 0 Å². The van der Waals surface area contributed by atoms with Gasteiger partial charge in [-0.2, -0.15) is 10.1 Å². The van der Waals surface area contributed by atoms with E-state index in [1.54, 1.807) is 6.20 Å². The lowest BCUT2D eigenvalue weighted by molar-refractivity contribution is 0.867. The minimum Gasteiger partial charge on any atom is -0.339 e. The zero-order chi connectivity index (χ0) is 17.6. The van der Waals surface area contributed by atoms with Gasteiger partial charge in [0.15, 0.2) is 5.82 Å². The fraction of sp³-hybridized carbons (Fsp3) is 0.250. The zero-order valence-corrected chi connectivity index (χ0v) is 14.8. The summed E-state index contributed by atoms with van der Waals surface area (Å²) in [5, 5.41) is 14.6. The maximum absolute atomic E-state index is 4.50. The summed E-state index contributed by atoms with van der Waals surface area (Å²) in [4.78, 5) is 4.50. The average molecular weight is 333 g/mol. The van der Waals surface area contributed by atoms with Gasteiger partial charge in [-0.3, -0.25) is 0 Å². The van der Waals surface area contributed by atoms with E-state index in [1.807, 2.05) is 30.3 Å². The van der Waals surface area contributed by atoms with Gasteiger partial charge in [-0.1, -0.05) is 51.1 Å². The molecule has 2 aromatic carbocycles. The van der Waals surface area contributed by atoms with Gasteiger partial charge in [-0.15, -0.1) is 5.10 Å². The van der Waals surface area contributed by atoms with Crippen LogP contribution in [0.2, 0.25) is 0 Å². The molecular formula is C20H23N5. The second kappa shape index (κ2) is 7.75. The third-order valence-corrected chi connectivity index (χ3v) is 4.05. The first-order valence-corrected chi connectivity index (χ1v) is 8.57. The van der Waals surface area contributed by atoms with Crippen molar-refractivity contribution in [3.8, 4) is 0 Å². The largest absolute Gasteiger partial charge is 0.339 e. The van der Waals surface area contributed by atoms with Crippen molar-refractivity contribution in [1.29, 1.82) is 0 Å². The maximum atomic E-state index is 4.50. The summed E-state index contributed by atoms with van der Waals surface area (Å²) in [6.07, 6.45) is 2.58. The molecule has 25 heavy (non-hydrogen) atoms. The molecule has 0 aliphatic heterocycles. The number of para-hydroxylation sites is 1. The van der Waals surface area contributed by atoms with Crippen molar-refractivity contribution >= 4 is 23.1 Å². The number of rotatable bonds is 6. The molecule has 0 atom stereocenters. The van der Waals surface area contributed by atoms with Crippen molar-refractivity contribution < 1.29 is 0 Å². The van der Waals surface area contributed by atoms with E-state index in [1.165, 1.54) is 11.1 Å². The van der Waals surface area contributed by atoms with Gasteiger partial charge in [-0.05, 0) is 41.7 Å². The van der Waals surface area contributed by atoms with E-state index in [4.69, 9.17) is 0 Å². The topological polar surface area (TPSA) is 62.7 Å². The van der Waals surface area contributed by atoms with Crippen LogP contribution in [0.1, 0.15) is 37.8 Å². The fourth-order valence-corrected chi connectivity index (χ4v) is 2.59. The Bertz CT molecular complexity index is 827. The third kappa shape index (κ3) is 4.32. The van der Waals surface area contributed by atoms with Crippen LogP contribution in [0, 0.1) is 0 Å². The molecular weight excluding hydrogens is 310 g/mol. The van der Waals surface area contributed by atoms with Gasteiger partial charge in [-0.25, -0.2) is 0 Å². The predicted octanol–water partition coefficient (Wildman–Crippen LogP) is 5.04. The van der Waals surface area contributed by atoms with Gasteiger partial charge in [0.2, 0.25) is 5.95 Å². The molecule has 1 aromatic heterocycles. The van der Waals surface area contributed by atoms with Gasteiger partial charge in [0, 0.05) is 11.4 Å². The minimum atomic E-state index is 0.469. The van der Waals surface area contributed by atoms with Crippen LogP contribution in [0.5, 0.6) is 0 Å². The first kappa shape index (κ1) is 16.9. The van der Waals surface area contributed by atoms with Crippen molar-refractivity contribution in [3.63, 3.8) is 0 Å². The highest BCUT2D eigenvalue weighted by molar-refractivity contribution is 5.61. The van der Waals surface area contributed by atoms with E-state index in [0.29, 0.717) is 17.7 Å². The van der Waals surface area contributed by atoms with Crippen LogP contribution in [-0.4, -0.2) is 15.2 Å². The maximum Gasteiger partial charge on any atom is 0.249 e.